The molecule has 23 heavy (non-hydrogen) atoms. The molecule has 0 aromatic heterocycles. The van der Waals surface area contributed by atoms with E-state index in [9.17, 15) is 14.9 Å². The number of aryl methyl sites for hydroxylation is 1. The van der Waals surface area contributed by atoms with Crippen LogP contribution in [0.3, 0.4) is 0 Å². The first kappa shape index (κ1) is 16.8. The Morgan fingerprint density at radius 3 is 2.30 bits per heavy atom. The second-order valence-electron chi connectivity index (χ2n) is 4.91. The van der Waals surface area contributed by atoms with Crippen LogP contribution in [0.1, 0.15) is 5.56 Å². The lowest BCUT2D eigenvalue weighted by molar-refractivity contribution is -0.384. The molecule has 2 amide bonds. The van der Waals surface area contributed by atoms with Gasteiger partial charge in [-0.1, -0.05) is 17.7 Å². The van der Waals surface area contributed by atoms with E-state index in [-0.39, 0.29) is 11.7 Å². The molecule has 120 valence electrons. The van der Waals surface area contributed by atoms with E-state index in [2.05, 4.69) is 5.32 Å². The van der Waals surface area contributed by atoms with E-state index in [0.29, 0.717) is 18.1 Å². The Kier molecular flexibility index (Phi) is 5.54. The summed E-state index contributed by atoms with van der Waals surface area (Å²) in [6.45, 7) is 2.32. The molecule has 2 rings (SSSR count). The Labute approximate surface area is 138 Å². The Bertz CT molecular complexity index is 687. The second-order valence-corrected chi connectivity index (χ2v) is 5.29. The summed E-state index contributed by atoms with van der Waals surface area (Å²) < 4.78 is 0. The zero-order valence-electron chi connectivity index (χ0n) is 12.5. The number of carbonyl (C=O) groups excluding carboxylic acids is 1. The van der Waals surface area contributed by atoms with Crippen LogP contribution in [-0.4, -0.2) is 23.4 Å². The van der Waals surface area contributed by atoms with Crippen molar-refractivity contribution < 1.29 is 9.72 Å². The number of nitrogens with one attached hydrogen (secondary N) is 1. The molecule has 2 aromatic carbocycles. The van der Waals surface area contributed by atoms with E-state index in [1.165, 1.54) is 29.2 Å². The Morgan fingerprint density at radius 1 is 1.17 bits per heavy atom. The van der Waals surface area contributed by atoms with Gasteiger partial charge >= 0.3 is 6.03 Å². The lowest BCUT2D eigenvalue weighted by atomic mass is 10.2. The zero-order chi connectivity index (χ0) is 16.8. The molecule has 2 aromatic rings. The van der Waals surface area contributed by atoms with Gasteiger partial charge in [-0.25, -0.2) is 4.79 Å². The van der Waals surface area contributed by atoms with Crippen molar-refractivity contribution in [2.24, 2.45) is 0 Å². The van der Waals surface area contributed by atoms with Crippen molar-refractivity contribution in [3.63, 3.8) is 0 Å². The van der Waals surface area contributed by atoms with Gasteiger partial charge in [-0.3, -0.25) is 15.0 Å². The molecule has 6 nitrogen and oxygen atoms in total. The van der Waals surface area contributed by atoms with Gasteiger partial charge in [0.15, 0.2) is 0 Å². The maximum absolute atomic E-state index is 12.4. The SMILES string of the molecule is Cc1ccc(N(CCCl)C(=O)Nc2ccc([N+](=O)[O-])cc2)cc1. The van der Waals surface area contributed by atoms with Crippen LogP contribution in [-0.2, 0) is 0 Å². The van der Waals surface area contributed by atoms with Gasteiger partial charge in [-0.2, -0.15) is 0 Å². The van der Waals surface area contributed by atoms with Crippen molar-refractivity contribution in [1.82, 2.24) is 0 Å². The first-order chi connectivity index (χ1) is 11.0. The van der Waals surface area contributed by atoms with Crippen molar-refractivity contribution in [2.45, 2.75) is 6.92 Å². The van der Waals surface area contributed by atoms with Crippen LogP contribution in [0, 0.1) is 17.0 Å². The zero-order valence-corrected chi connectivity index (χ0v) is 13.3. The normalized spacial score (nSPS) is 10.2. The highest BCUT2D eigenvalue weighted by molar-refractivity contribution is 6.18. The number of anilines is 2. The van der Waals surface area contributed by atoms with Crippen LogP contribution < -0.4 is 10.2 Å². The summed E-state index contributed by atoms with van der Waals surface area (Å²) in [4.78, 5) is 24.1. The summed E-state index contributed by atoms with van der Waals surface area (Å²) in [6, 6.07) is 12.8. The summed E-state index contributed by atoms with van der Waals surface area (Å²) in [5.74, 6) is 0.293. The fourth-order valence-corrected chi connectivity index (χ4v) is 2.18. The number of amides is 2. The number of rotatable bonds is 5. The molecule has 0 fully saturated rings. The fraction of sp³-hybridized carbons (Fsp3) is 0.188. The molecule has 0 aliphatic rings. The summed E-state index contributed by atoms with van der Waals surface area (Å²) >= 11 is 5.78. The molecule has 0 radical (unpaired) electrons. The number of halogens is 1. The van der Waals surface area contributed by atoms with E-state index in [1.807, 2.05) is 31.2 Å². The van der Waals surface area contributed by atoms with Crippen molar-refractivity contribution in [1.29, 1.82) is 0 Å². The molecule has 7 heteroatoms. The average molecular weight is 334 g/mol. The van der Waals surface area contributed by atoms with Crippen LogP contribution in [0.25, 0.3) is 0 Å². The van der Waals surface area contributed by atoms with Crippen molar-refractivity contribution in [3.05, 3.63) is 64.2 Å². The van der Waals surface area contributed by atoms with Gasteiger partial charge in [0.25, 0.3) is 5.69 Å². The number of benzene rings is 2. The number of hydrogen-bond acceptors (Lipinski definition) is 3. The molecule has 0 spiro atoms. The molecule has 0 saturated carbocycles. The predicted molar refractivity (Wildman–Crippen MR) is 91.4 cm³/mol. The number of alkyl halides is 1. The first-order valence-electron chi connectivity index (χ1n) is 6.97. The van der Waals surface area contributed by atoms with Crippen LogP contribution >= 0.6 is 11.6 Å². The van der Waals surface area contributed by atoms with E-state index >= 15 is 0 Å². The minimum Gasteiger partial charge on any atom is -0.308 e. The van der Waals surface area contributed by atoms with Crippen LogP contribution in [0.4, 0.5) is 21.9 Å². The summed E-state index contributed by atoms with van der Waals surface area (Å²) in [5, 5.41) is 13.3. The van der Waals surface area contributed by atoms with E-state index in [0.717, 1.165) is 11.3 Å². The Hall–Kier alpha value is -2.60. The molecular weight excluding hydrogens is 318 g/mol. The number of nitrogens with zero attached hydrogens (tertiary/aromatic N) is 2. The van der Waals surface area contributed by atoms with Crippen molar-refractivity contribution >= 4 is 34.7 Å². The Balaban J connectivity index is 2.14. The van der Waals surface area contributed by atoms with Gasteiger partial charge in [0.1, 0.15) is 0 Å². The number of urea groups is 1. The first-order valence-corrected chi connectivity index (χ1v) is 7.50. The summed E-state index contributed by atoms with van der Waals surface area (Å²) in [7, 11) is 0. The van der Waals surface area contributed by atoms with Crippen molar-refractivity contribution in [2.75, 3.05) is 22.6 Å². The van der Waals surface area contributed by atoms with Crippen LogP contribution in [0.5, 0.6) is 0 Å². The molecule has 0 atom stereocenters. The highest BCUT2D eigenvalue weighted by atomic mass is 35.5. The standard InChI is InChI=1S/C16H16ClN3O3/c1-12-2-6-14(7-3-12)19(11-10-17)16(21)18-13-4-8-15(9-5-13)20(22)23/h2-9H,10-11H2,1H3,(H,18,21). The second kappa shape index (κ2) is 7.60. The number of hydrogen-bond donors (Lipinski definition) is 1. The topological polar surface area (TPSA) is 75.5 Å². The van der Waals surface area contributed by atoms with Crippen molar-refractivity contribution in [3.8, 4) is 0 Å². The lowest BCUT2D eigenvalue weighted by Gasteiger charge is -2.22. The third-order valence-corrected chi connectivity index (χ3v) is 3.40. The predicted octanol–water partition coefficient (Wildman–Crippen LogP) is 4.18. The minimum absolute atomic E-state index is 0.0286. The van der Waals surface area contributed by atoms with Gasteiger partial charge in [0.2, 0.25) is 0 Å². The summed E-state index contributed by atoms with van der Waals surface area (Å²) in [5.41, 5.74) is 2.28. The third kappa shape index (κ3) is 4.43. The maximum Gasteiger partial charge on any atom is 0.326 e. The molecule has 0 bridgehead atoms. The van der Waals surface area contributed by atoms with Gasteiger partial charge < -0.3 is 5.32 Å². The average Bonchev–Trinajstić information content (AvgIpc) is 2.54. The van der Waals surface area contributed by atoms with E-state index in [1.54, 1.807) is 0 Å². The smallest absolute Gasteiger partial charge is 0.308 e. The van der Waals surface area contributed by atoms with Gasteiger partial charge in [0, 0.05) is 35.9 Å². The highest BCUT2D eigenvalue weighted by Crippen LogP contribution is 2.19. The number of carbonyl (C=O) groups is 1. The molecule has 0 heterocycles. The van der Waals surface area contributed by atoms with Crippen LogP contribution in [0.2, 0.25) is 0 Å². The molecular formula is C16H16ClN3O3. The van der Waals surface area contributed by atoms with Crippen LogP contribution in [0.15, 0.2) is 48.5 Å². The maximum atomic E-state index is 12.4. The molecule has 0 saturated heterocycles. The van der Waals surface area contributed by atoms with Gasteiger partial charge in [0.05, 0.1) is 4.92 Å². The number of nitro groups is 1. The van der Waals surface area contributed by atoms with Gasteiger partial charge in [-0.15, -0.1) is 11.6 Å². The van der Waals surface area contributed by atoms with E-state index in [4.69, 9.17) is 11.6 Å². The monoisotopic (exact) mass is 333 g/mol. The molecule has 0 aliphatic heterocycles. The molecule has 0 aliphatic carbocycles. The third-order valence-electron chi connectivity index (χ3n) is 3.23. The lowest BCUT2D eigenvalue weighted by Crippen LogP contribution is -2.36. The van der Waals surface area contributed by atoms with Gasteiger partial charge in [-0.05, 0) is 31.2 Å². The largest absolute Gasteiger partial charge is 0.326 e. The quantitative estimate of drug-likeness (QED) is 0.506. The Morgan fingerprint density at radius 2 is 1.78 bits per heavy atom. The highest BCUT2D eigenvalue weighted by Gasteiger charge is 2.15. The molecule has 0 unspecified atom stereocenters. The number of non-ortho nitro benzene ring substituents is 1. The fourth-order valence-electron chi connectivity index (χ4n) is 2.01. The molecule has 1 N–H and O–H groups in total. The summed E-state index contributed by atoms with van der Waals surface area (Å²) in [6.07, 6.45) is 0. The number of nitro benzene ring substituents is 1. The van der Waals surface area contributed by atoms with E-state index < -0.39 is 4.92 Å². The minimum atomic E-state index is -0.488.